The third-order valence-electron chi connectivity index (χ3n) is 5.45. The van der Waals surface area contributed by atoms with Gasteiger partial charge in [-0.05, 0) is 48.2 Å². The largest absolute Gasteiger partial charge is 0.416 e. The lowest BCUT2D eigenvalue weighted by molar-refractivity contribution is -0.137. The Hall–Kier alpha value is -1.86. The molecule has 1 aliphatic carbocycles. The molecule has 0 heterocycles. The molecule has 0 spiro atoms. The summed E-state index contributed by atoms with van der Waals surface area (Å²) in [6, 6.07) is 12.0. The zero-order valence-electron chi connectivity index (χ0n) is 15.8. The summed E-state index contributed by atoms with van der Waals surface area (Å²) in [6.45, 7) is 0.0948. The highest BCUT2D eigenvalue weighted by atomic mass is 79.9. The summed E-state index contributed by atoms with van der Waals surface area (Å²) in [6.07, 6.45) is -0.575. The number of rotatable bonds is 5. The molecular weight excluding hydrogens is 447 g/mol. The number of halogens is 4. The van der Waals surface area contributed by atoms with Crippen LogP contribution in [-0.2, 0) is 17.5 Å². The van der Waals surface area contributed by atoms with Crippen molar-refractivity contribution in [3.8, 4) is 0 Å². The van der Waals surface area contributed by atoms with E-state index in [2.05, 4.69) is 21.2 Å². The van der Waals surface area contributed by atoms with Gasteiger partial charge in [-0.25, -0.2) is 0 Å². The fraction of sp³-hybridized carbons (Fsp3) is 0.409. The molecule has 3 nitrogen and oxygen atoms in total. The number of nitrogens with one attached hydrogen (secondary N) is 1. The van der Waals surface area contributed by atoms with Crippen LogP contribution in [-0.4, -0.2) is 16.6 Å². The van der Waals surface area contributed by atoms with Gasteiger partial charge in [0, 0.05) is 11.0 Å². The molecule has 0 bridgehead atoms. The molecule has 0 saturated heterocycles. The van der Waals surface area contributed by atoms with Gasteiger partial charge in [-0.15, -0.1) is 0 Å². The summed E-state index contributed by atoms with van der Waals surface area (Å²) in [7, 11) is 0. The summed E-state index contributed by atoms with van der Waals surface area (Å²) in [5.74, 6) is -1.07. The molecule has 2 aromatic carbocycles. The molecule has 1 amide bonds. The van der Waals surface area contributed by atoms with Crippen molar-refractivity contribution in [2.45, 2.75) is 56.3 Å². The maximum Gasteiger partial charge on any atom is 0.416 e. The second kappa shape index (κ2) is 8.88. The lowest BCUT2D eigenvalue weighted by atomic mass is 9.72. The van der Waals surface area contributed by atoms with Crippen molar-refractivity contribution in [3.63, 3.8) is 0 Å². The first-order valence-electron chi connectivity index (χ1n) is 9.61. The van der Waals surface area contributed by atoms with Gasteiger partial charge < -0.3 is 10.4 Å². The Balaban J connectivity index is 1.78. The number of benzene rings is 2. The topological polar surface area (TPSA) is 49.3 Å². The van der Waals surface area contributed by atoms with Crippen LogP contribution in [0, 0.1) is 0 Å². The van der Waals surface area contributed by atoms with Crippen molar-refractivity contribution >= 4 is 21.8 Å². The molecule has 2 N–H and O–H groups in total. The van der Waals surface area contributed by atoms with Crippen molar-refractivity contribution in [2.75, 3.05) is 0 Å². The molecule has 29 heavy (non-hydrogen) atoms. The molecule has 0 radical (unpaired) electrons. The third-order valence-corrected chi connectivity index (χ3v) is 5.94. The van der Waals surface area contributed by atoms with Crippen LogP contribution in [0.5, 0.6) is 0 Å². The van der Waals surface area contributed by atoms with E-state index >= 15 is 0 Å². The lowest BCUT2D eigenvalue weighted by Crippen LogP contribution is -2.46. The van der Waals surface area contributed by atoms with E-state index in [4.69, 9.17) is 0 Å². The van der Waals surface area contributed by atoms with Gasteiger partial charge in [-0.1, -0.05) is 59.5 Å². The first-order chi connectivity index (χ1) is 13.7. The van der Waals surface area contributed by atoms with Gasteiger partial charge >= 0.3 is 6.18 Å². The zero-order valence-corrected chi connectivity index (χ0v) is 17.4. The average molecular weight is 470 g/mol. The van der Waals surface area contributed by atoms with E-state index in [-0.39, 0.29) is 12.5 Å². The summed E-state index contributed by atoms with van der Waals surface area (Å²) >= 11 is 3.41. The number of carbonyl (C=O) groups is 1. The quantitative estimate of drug-likeness (QED) is 0.601. The molecule has 1 saturated carbocycles. The zero-order chi connectivity index (χ0) is 21.1. The smallest absolute Gasteiger partial charge is 0.389 e. The summed E-state index contributed by atoms with van der Waals surface area (Å²) in [4.78, 5) is 13.1. The summed E-state index contributed by atoms with van der Waals surface area (Å²) < 4.78 is 38.9. The first-order valence-corrected chi connectivity index (χ1v) is 10.4. The van der Waals surface area contributed by atoms with Crippen molar-refractivity contribution in [3.05, 3.63) is 69.7 Å². The van der Waals surface area contributed by atoms with Gasteiger partial charge in [-0.2, -0.15) is 13.2 Å². The Labute approximate surface area is 176 Å². The molecule has 156 valence electrons. The van der Waals surface area contributed by atoms with Crippen LogP contribution >= 0.6 is 15.9 Å². The van der Waals surface area contributed by atoms with E-state index in [0.29, 0.717) is 24.0 Å². The molecular formula is C22H23BrF3NO2. The van der Waals surface area contributed by atoms with Gasteiger partial charge in [0.15, 0.2) is 0 Å². The van der Waals surface area contributed by atoms with E-state index in [1.165, 1.54) is 12.1 Å². The monoisotopic (exact) mass is 469 g/mol. The van der Waals surface area contributed by atoms with Crippen molar-refractivity contribution in [1.82, 2.24) is 5.32 Å². The van der Waals surface area contributed by atoms with Crippen LogP contribution in [0.4, 0.5) is 13.2 Å². The highest BCUT2D eigenvalue weighted by Gasteiger charge is 2.43. The standard InChI is InChI=1S/C22H23BrF3NO2/c23-18-6-4-5-16(13-18)19(21(29)11-2-1-3-12-21)20(28)27-14-15-7-9-17(10-8-15)22(24,25)26/h4-10,13,19,29H,1-3,11-12,14H2,(H,27,28). The molecule has 2 aromatic rings. The van der Waals surface area contributed by atoms with Crippen LogP contribution in [0.2, 0.25) is 0 Å². The highest BCUT2D eigenvalue weighted by molar-refractivity contribution is 9.10. The van der Waals surface area contributed by atoms with Crippen molar-refractivity contribution in [2.24, 2.45) is 0 Å². The van der Waals surface area contributed by atoms with E-state index in [1.54, 1.807) is 0 Å². The number of alkyl halides is 3. The highest BCUT2D eigenvalue weighted by Crippen LogP contribution is 2.40. The Kier molecular flexibility index (Phi) is 6.69. The van der Waals surface area contributed by atoms with Gasteiger partial charge in [0.25, 0.3) is 0 Å². The second-order valence-corrected chi connectivity index (χ2v) is 8.48. The fourth-order valence-corrected chi connectivity index (χ4v) is 4.36. The first kappa shape index (κ1) is 21.8. The van der Waals surface area contributed by atoms with Crippen LogP contribution in [0.25, 0.3) is 0 Å². The molecule has 1 fully saturated rings. The Morgan fingerprint density at radius 2 is 1.76 bits per heavy atom. The SMILES string of the molecule is O=C(NCc1ccc(C(F)(F)F)cc1)C(c1cccc(Br)c1)C1(O)CCCCC1. The van der Waals surface area contributed by atoms with Crippen molar-refractivity contribution < 1.29 is 23.1 Å². The second-order valence-electron chi connectivity index (χ2n) is 7.56. The maximum absolute atomic E-state index is 13.1. The average Bonchev–Trinajstić information content (AvgIpc) is 2.66. The van der Waals surface area contributed by atoms with E-state index in [1.807, 2.05) is 24.3 Å². The Bertz CT molecular complexity index is 846. The van der Waals surface area contributed by atoms with Gasteiger partial charge in [-0.3, -0.25) is 4.79 Å². The van der Waals surface area contributed by atoms with E-state index in [9.17, 15) is 23.1 Å². The maximum atomic E-state index is 13.1. The minimum absolute atomic E-state index is 0.0948. The molecule has 1 unspecified atom stereocenters. The molecule has 0 aliphatic heterocycles. The van der Waals surface area contributed by atoms with Crippen LogP contribution in [0.1, 0.15) is 54.7 Å². The minimum atomic E-state index is -4.39. The van der Waals surface area contributed by atoms with Gasteiger partial charge in [0.1, 0.15) is 0 Å². The van der Waals surface area contributed by atoms with Crippen LogP contribution in [0.15, 0.2) is 53.0 Å². The number of hydrogen-bond acceptors (Lipinski definition) is 2. The fourth-order valence-electron chi connectivity index (χ4n) is 3.95. The lowest BCUT2D eigenvalue weighted by Gasteiger charge is -2.38. The number of carbonyl (C=O) groups excluding carboxylic acids is 1. The molecule has 1 atom stereocenters. The van der Waals surface area contributed by atoms with Gasteiger partial charge in [0.05, 0.1) is 17.1 Å². The van der Waals surface area contributed by atoms with Gasteiger partial charge in [0.2, 0.25) is 5.91 Å². The minimum Gasteiger partial charge on any atom is -0.389 e. The third kappa shape index (κ3) is 5.39. The Morgan fingerprint density at radius 1 is 1.10 bits per heavy atom. The van der Waals surface area contributed by atoms with E-state index < -0.39 is 23.3 Å². The van der Waals surface area contributed by atoms with Crippen molar-refractivity contribution in [1.29, 1.82) is 0 Å². The normalized spacial score (nSPS) is 17.6. The molecule has 7 heteroatoms. The van der Waals surface area contributed by atoms with Crippen LogP contribution in [0.3, 0.4) is 0 Å². The summed E-state index contributed by atoms with van der Waals surface area (Å²) in [5, 5.41) is 14.1. The molecule has 3 rings (SSSR count). The number of hydrogen-bond donors (Lipinski definition) is 2. The number of aliphatic hydroxyl groups is 1. The Morgan fingerprint density at radius 3 is 2.34 bits per heavy atom. The molecule has 0 aromatic heterocycles. The van der Waals surface area contributed by atoms with E-state index in [0.717, 1.165) is 35.9 Å². The predicted molar refractivity (Wildman–Crippen MR) is 108 cm³/mol. The van der Waals surface area contributed by atoms with Crippen LogP contribution < -0.4 is 5.32 Å². The predicted octanol–water partition coefficient (Wildman–Crippen LogP) is 5.56. The summed E-state index contributed by atoms with van der Waals surface area (Å²) in [5.41, 5.74) is -0.580. The number of amides is 1. The molecule has 1 aliphatic rings.